The monoisotopic (exact) mass is 882 g/mol. The summed E-state index contributed by atoms with van der Waals surface area (Å²) in [5, 5.41) is 97.1. The van der Waals surface area contributed by atoms with Crippen molar-refractivity contribution in [3.05, 3.63) is 11.6 Å². The molecule has 8 rings (SSSR count). The molecule has 62 heavy (non-hydrogen) atoms. The molecule has 0 radical (unpaired) electrons. The van der Waals surface area contributed by atoms with Gasteiger partial charge in [0.05, 0.1) is 37.4 Å². The third-order valence-electron chi connectivity index (χ3n) is 18.7. The number of aliphatic hydroxyl groups excluding tert-OH is 8. The molecule has 0 spiro atoms. The molecule has 0 bridgehead atoms. The van der Waals surface area contributed by atoms with Gasteiger partial charge in [-0.25, -0.2) is 0 Å². The second kappa shape index (κ2) is 16.5. The van der Waals surface area contributed by atoms with Crippen LogP contribution < -0.4 is 0 Å². The van der Waals surface area contributed by atoms with Crippen molar-refractivity contribution in [2.24, 2.45) is 50.2 Å². The number of carboxylic acid groups (broad SMARTS) is 1. The minimum absolute atomic E-state index is 0.00634. The third kappa shape index (κ3) is 7.10. The van der Waals surface area contributed by atoms with Crippen LogP contribution in [0.4, 0.5) is 0 Å². The van der Waals surface area contributed by atoms with Crippen molar-refractivity contribution < 1.29 is 79.2 Å². The lowest BCUT2D eigenvalue weighted by molar-refractivity contribution is -0.374. The van der Waals surface area contributed by atoms with Crippen LogP contribution in [0.1, 0.15) is 113 Å². The summed E-state index contributed by atoms with van der Waals surface area (Å²) >= 11 is 0. The predicted octanol–water partition coefficient (Wildman–Crippen LogP) is 1.98. The summed E-state index contributed by atoms with van der Waals surface area (Å²) in [6.45, 7) is 14.3. The summed E-state index contributed by atoms with van der Waals surface area (Å²) in [6.07, 6.45) is -8.73. The van der Waals surface area contributed by atoms with Gasteiger partial charge < -0.3 is 74.4 Å². The fourth-order valence-corrected chi connectivity index (χ4v) is 14.6. The Hall–Kier alpha value is -1.35. The quantitative estimate of drug-likeness (QED) is 0.119. The molecule has 5 aliphatic carbocycles. The van der Waals surface area contributed by atoms with Gasteiger partial charge in [-0.3, -0.25) is 4.79 Å². The van der Waals surface area contributed by atoms with Crippen molar-refractivity contribution in [3.8, 4) is 0 Å². The van der Waals surface area contributed by atoms with Crippen LogP contribution in [0.2, 0.25) is 0 Å². The van der Waals surface area contributed by atoms with Crippen LogP contribution in [0, 0.1) is 50.2 Å². The minimum Gasteiger partial charge on any atom is -0.481 e. The maximum absolute atomic E-state index is 13.1. The van der Waals surface area contributed by atoms with Gasteiger partial charge in [-0.1, -0.05) is 53.2 Å². The number of aliphatic hydroxyl groups is 8. The van der Waals surface area contributed by atoms with Gasteiger partial charge in [0.15, 0.2) is 18.9 Å². The Bertz CT molecular complexity index is 1690. The highest BCUT2D eigenvalue weighted by Gasteiger charge is 2.70. The number of rotatable bonds is 9. The number of allylic oxidation sites excluding steroid dienone is 2. The summed E-state index contributed by atoms with van der Waals surface area (Å²) in [5.74, 6) is -0.342. The van der Waals surface area contributed by atoms with Gasteiger partial charge in [0, 0.05) is 5.41 Å². The van der Waals surface area contributed by atoms with Crippen LogP contribution in [-0.4, -0.2) is 158 Å². The molecule has 0 amide bonds. The first kappa shape index (κ1) is 47.2. The second-order valence-corrected chi connectivity index (χ2v) is 22.4. The number of aliphatic carboxylic acids is 1. The fraction of sp³-hybridized carbons (Fsp3) is 0.935. The van der Waals surface area contributed by atoms with E-state index in [1.807, 2.05) is 0 Å². The van der Waals surface area contributed by atoms with Crippen LogP contribution in [0.5, 0.6) is 0 Å². The lowest BCUT2D eigenvalue weighted by atomic mass is 9.33. The van der Waals surface area contributed by atoms with Gasteiger partial charge in [-0.05, 0) is 111 Å². The zero-order valence-corrected chi connectivity index (χ0v) is 37.5. The summed E-state index contributed by atoms with van der Waals surface area (Å²) in [5.41, 5.74) is -0.519. The van der Waals surface area contributed by atoms with Gasteiger partial charge >= 0.3 is 5.97 Å². The molecule has 4 saturated carbocycles. The van der Waals surface area contributed by atoms with E-state index in [1.165, 1.54) is 12.5 Å². The molecule has 16 heteroatoms. The van der Waals surface area contributed by atoms with Crippen LogP contribution in [0.15, 0.2) is 11.6 Å². The van der Waals surface area contributed by atoms with E-state index in [-0.39, 0.29) is 52.6 Å². The molecule has 7 fully saturated rings. The number of carboxylic acids is 1. The molecule has 0 unspecified atom stereocenters. The molecular formula is C46H74O16. The van der Waals surface area contributed by atoms with Crippen molar-refractivity contribution in [1.29, 1.82) is 0 Å². The van der Waals surface area contributed by atoms with Crippen LogP contribution in [0.25, 0.3) is 0 Å². The molecule has 16 nitrogen and oxygen atoms in total. The Labute approximate surface area is 364 Å². The van der Waals surface area contributed by atoms with Crippen LogP contribution in [-0.2, 0) is 33.2 Å². The van der Waals surface area contributed by atoms with Gasteiger partial charge in [0.25, 0.3) is 0 Å². The first-order valence-electron chi connectivity index (χ1n) is 23.1. The molecule has 354 valence electrons. The summed E-state index contributed by atoms with van der Waals surface area (Å²) < 4.78 is 36.1. The maximum Gasteiger partial charge on any atom is 0.310 e. The Balaban J connectivity index is 1.02. The number of hydrogen-bond donors (Lipinski definition) is 9. The first-order valence-corrected chi connectivity index (χ1v) is 23.1. The smallest absolute Gasteiger partial charge is 0.310 e. The van der Waals surface area contributed by atoms with E-state index >= 15 is 0 Å². The van der Waals surface area contributed by atoms with E-state index in [9.17, 15) is 50.8 Å². The molecule has 0 aromatic rings. The SMILES string of the molecule is C[C@@H]1O[C@@H](O[C@H]2[C@H](O[C@H]3CC[C@@]4(C)[C@@H](CC[C@]5(C)[C@@H]4CC=C4[C@@H]6CC(C)(C)CC[C@]6(C(=O)O)CC[C@]45C)[C@]3(C)CO)OC[C@H](O)[C@@H]2O)[C@H](O)[C@H](O[C@@H]2O[C@@H](CO)[C@H](O)[C@H]2O)[C@H]1O. The molecular weight excluding hydrogens is 808 g/mol. The van der Waals surface area contributed by atoms with E-state index in [1.54, 1.807) is 0 Å². The predicted molar refractivity (Wildman–Crippen MR) is 219 cm³/mol. The van der Waals surface area contributed by atoms with E-state index < -0.39 is 109 Å². The first-order chi connectivity index (χ1) is 29.0. The molecule has 22 atom stereocenters. The number of hydrogen-bond acceptors (Lipinski definition) is 15. The topological polar surface area (TPSA) is 255 Å². The number of ether oxygens (including phenoxy) is 6. The van der Waals surface area contributed by atoms with Crippen molar-refractivity contribution >= 4 is 5.97 Å². The summed E-state index contributed by atoms with van der Waals surface area (Å²) in [4.78, 5) is 13.1. The Morgan fingerprint density at radius 3 is 2.08 bits per heavy atom. The normalized spacial score (nSPS) is 55.0. The zero-order valence-electron chi connectivity index (χ0n) is 37.5. The average Bonchev–Trinajstić information content (AvgIpc) is 3.49. The van der Waals surface area contributed by atoms with E-state index in [2.05, 4.69) is 47.6 Å². The molecule has 9 N–H and O–H groups in total. The molecule has 8 aliphatic rings. The lowest BCUT2D eigenvalue weighted by Crippen LogP contribution is -2.67. The largest absolute Gasteiger partial charge is 0.481 e. The van der Waals surface area contributed by atoms with E-state index in [4.69, 9.17) is 28.4 Å². The molecule has 3 aliphatic heterocycles. The minimum atomic E-state index is -1.73. The standard InChI is InChI=1S/C46H74O16/c1-22-30(50)35(61-37-33(53)32(52)26(19-47)59-37)34(54)38(58-22)62-36-31(51)25(49)20-57-39(36)60-29-11-12-42(4)27(43(29,5)21-48)10-13-45(7)28(42)9-8-23-24-18-41(2,3)14-16-46(24,40(55)56)17-15-44(23,45)6/h8,22,24-39,47-54H,9-21H2,1-7H3,(H,55,56)/t22-,24-,25-,26-,27+,28+,29-,30-,31-,32-,33+,34+,35+,36+,37-,38-,39-,42-,43-,44+,45+,46-/m0/s1. The zero-order chi connectivity index (χ0) is 45.1. The van der Waals surface area contributed by atoms with Gasteiger partial charge in [0.1, 0.15) is 54.9 Å². The van der Waals surface area contributed by atoms with E-state index in [0.29, 0.717) is 19.3 Å². The van der Waals surface area contributed by atoms with Gasteiger partial charge in [-0.15, -0.1) is 0 Å². The van der Waals surface area contributed by atoms with Crippen LogP contribution >= 0.6 is 0 Å². The highest BCUT2D eigenvalue weighted by molar-refractivity contribution is 5.76. The van der Waals surface area contributed by atoms with Gasteiger partial charge in [0.2, 0.25) is 0 Å². The molecule has 0 aromatic heterocycles. The number of fused-ring (bicyclic) bond motifs is 7. The van der Waals surface area contributed by atoms with Gasteiger partial charge in [-0.2, -0.15) is 0 Å². The van der Waals surface area contributed by atoms with Crippen molar-refractivity contribution in [3.63, 3.8) is 0 Å². The highest BCUT2D eigenvalue weighted by Crippen LogP contribution is 2.76. The van der Waals surface area contributed by atoms with Crippen molar-refractivity contribution in [2.45, 2.75) is 199 Å². The summed E-state index contributed by atoms with van der Waals surface area (Å²) in [6, 6.07) is 0. The number of carbonyl (C=O) groups is 1. The molecule has 0 aromatic carbocycles. The Morgan fingerprint density at radius 1 is 0.742 bits per heavy atom. The van der Waals surface area contributed by atoms with Crippen LogP contribution in [0.3, 0.4) is 0 Å². The fourth-order valence-electron chi connectivity index (χ4n) is 14.6. The molecule has 3 heterocycles. The Morgan fingerprint density at radius 2 is 1.42 bits per heavy atom. The maximum atomic E-state index is 13.1. The highest BCUT2D eigenvalue weighted by atomic mass is 16.8. The Kier molecular flexibility index (Phi) is 12.5. The summed E-state index contributed by atoms with van der Waals surface area (Å²) in [7, 11) is 0. The second-order valence-electron chi connectivity index (χ2n) is 22.4. The van der Waals surface area contributed by atoms with Crippen molar-refractivity contribution in [2.75, 3.05) is 19.8 Å². The lowest BCUT2D eigenvalue weighted by Gasteiger charge is -2.71. The average molecular weight is 883 g/mol. The van der Waals surface area contributed by atoms with Crippen molar-refractivity contribution in [1.82, 2.24) is 0 Å². The third-order valence-corrected chi connectivity index (χ3v) is 18.7. The molecule has 3 saturated heterocycles. The van der Waals surface area contributed by atoms with E-state index in [0.717, 1.165) is 44.9 Å².